The third kappa shape index (κ3) is 3.55. The second-order valence-corrected chi connectivity index (χ2v) is 4.34. The summed E-state index contributed by atoms with van der Waals surface area (Å²) in [6, 6.07) is 0. The Labute approximate surface area is 76.5 Å². The highest BCUT2D eigenvalue weighted by Crippen LogP contribution is 2.09. The Kier molecular flexibility index (Phi) is 4.02. The summed E-state index contributed by atoms with van der Waals surface area (Å²) in [5, 5.41) is 0. The van der Waals surface area contributed by atoms with E-state index in [0.717, 1.165) is 5.92 Å². The van der Waals surface area contributed by atoms with Gasteiger partial charge in [-0.1, -0.05) is 6.92 Å². The maximum Gasteiger partial charge on any atom is 0.00163 e. The molecule has 2 saturated heterocycles. The fourth-order valence-electron chi connectivity index (χ4n) is 1.89. The molecule has 12 heavy (non-hydrogen) atoms. The maximum absolute atomic E-state index is 2.36. The molecule has 0 saturated carbocycles. The first-order valence-corrected chi connectivity index (χ1v) is 5.05. The molecule has 2 aliphatic rings. The van der Waals surface area contributed by atoms with Gasteiger partial charge in [0.2, 0.25) is 0 Å². The standard InChI is InChI=1S/2C5H11N/c1-5-3-6(2)4-5;1-6-4-2-3-5-6/h5H,3-4H2,1-2H3;2-5H2,1H3. The Hall–Kier alpha value is -0.0800. The van der Waals surface area contributed by atoms with Crippen molar-refractivity contribution in [3.63, 3.8) is 0 Å². The monoisotopic (exact) mass is 170 g/mol. The molecule has 2 aliphatic heterocycles. The summed E-state index contributed by atoms with van der Waals surface area (Å²) in [7, 11) is 4.33. The van der Waals surface area contributed by atoms with Gasteiger partial charge in [-0.3, -0.25) is 0 Å². The van der Waals surface area contributed by atoms with E-state index in [2.05, 4.69) is 30.8 Å². The quantitative estimate of drug-likeness (QED) is 0.540. The predicted octanol–water partition coefficient (Wildman–Crippen LogP) is 1.28. The minimum atomic E-state index is 0.968. The number of hydrogen-bond acceptors (Lipinski definition) is 2. The summed E-state index contributed by atoms with van der Waals surface area (Å²) in [6.45, 7) is 7.53. The number of rotatable bonds is 0. The third-order valence-corrected chi connectivity index (χ3v) is 2.58. The van der Waals surface area contributed by atoms with Crippen LogP contribution in [0.2, 0.25) is 0 Å². The molecule has 2 heteroatoms. The highest BCUT2D eigenvalue weighted by Gasteiger charge is 2.16. The van der Waals surface area contributed by atoms with E-state index in [4.69, 9.17) is 0 Å². The van der Waals surface area contributed by atoms with Crippen LogP contribution in [0.3, 0.4) is 0 Å². The van der Waals surface area contributed by atoms with Gasteiger partial charge < -0.3 is 9.80 Å². The highest BCUT2D eigenvalue weighted by molar-refractivity contribution is 4.71. The molecule has 2 rings (SSSR count). The van der Waals surface area contributed by atoms with Crippen LogP contribution < -0.4 is 0 Å². The van der Waals surface area contributed by atoms with Crippen LogP contribution >= 0.6 is 0 Å². The van der Waals surface area contributed by atoms with Crippen molar-refractivity contribution in [1.29, 1.82) is 0 Å². The number of hydrogen-bond donors (Lipinski definition) is 0. The van der Waals surface area contributed by atoms with E-state index in [-0.39, 0.29) is 0 Å². The summed E-state index contributed by atoms with van der Waals surface area (Å²) < 4.78 is 0. The van der Waals surface area contributed by atoms with Gasteiger partial charge in [0.05, 0.1) is 0 Å². The number of likely N-dealkylation sites (tertiary alicyclic amines) is 2. The lowest BCUT2D eigenvalue weighted by Crippen LogP contribution is -2.41. The van der Waals surface area contributed by atoms with E-state index in [9.17, 15) is 0 Å². The van der Waals surface area contributed by atoms with E-state index in [1.165, 1.54) is 39.0 Å². The van der Waals surface area contributed by atoms with Crippen molar-refractivity contribution in [3.8, 4) is 0 Å². The molecule has 0 unspecified atom stereocenters. The SMILES string of the molecule is CC1CN(C)C1.CN1CCCC1. The van der Waals surface area contributed by atoms with Gasteiger partial charge in [0.15, 0.2) is 0 Å². The minimum absolute atomic E-state index is 0.968. The molecule has 72 valence electrons. The lowest BCUT2D eigenvalue weighted by molar-refractivity contribution is 0.149. The van der Waals surface area contributed by atoms with Crippen LogP contribution in [0.5, 0.6) is 0 Å². The van der Waals surface area contributed by atoms with Crippen LogP contribution in [0, 0.1) is 5.92 Å². The van der Waals surface area contributed by atoms with Gasteiger partial charge >= 0.3 is 0 Å². The van der Waals surface area contributed by atoms with Crippen molar-refractivity contribution >= 4 is 0 Å². The molecule has 2 nitrogen and oxygen atoms in total. The summed E-state index contributed by atoms with van der Waals surface area (Å²) in [4.78, 5) is 4.69. The van der Waals surface area contributed by atoms with Crippen LogP contribution in [0.15, 0.2) is 0 Å². The Morgan fingerprint density at radius 3 is 1.50 bits per heavy atom. The molecular formula is C10H22N2. The van der Waals surface area contributed by atoms with Crippen molar-refractivity contribution in [2.24, 2.45) is 5.92 Å². The normalized spacial score (nSPS) is 26.2. The van der Waals surface area contributed by atoms with E-state index < -0.39 is 0 Å². The van der Waals surface area contributed by atoms with Gasteiger partial charge in [-0.05, 0) is 45.9 Å². The van der Waals surface area contributed by atoms with Gasteiger partial charge in [0, 0.05) is 13.1 Å². The predicted molar refractivity (Wildman–Crippen MR) is 53.4 cm³/mol. The lowest BCUT2D eigenvalue weighted by atomic mass is 10.1. The van der Waals surface area contributed by atoms with Crippen LogP contribution in [0.1, 0.15) is 19.8 Å². The first-order valence-electron chi connectivity index (χ1n) is 5.05. The molecule has 0 bridgehead atoms. The molecule has 0 radical (unpaired) electrons. The Bertz CT molecular complexity index is 107. The van der Waals surface area contributed by atoms with Crippen molar-refractivity contribution in [1.82, 2.24) is 9.80 Å². The minimum Gasteiger partial charge on any atom is -0.306 e. The molecule has 0 aliphatic carbocycles. The summed E-state index contributed by atoms with van der Waals surface area (Å²) in [5.41, 5.74) is 0. The molecular weight excluding hydrogens is 148 g/mol. The topological polar surface area (TPSA) is 6.48 Å². The molecule has 0 amide bonds. The van der Waals surface area contributed by atoms with E-state index >= 15 is 0 Å². The van der Waals surface area contributed by atoms with Gasteiger partial charge in [-0.25, -0.2) is 0 Å². The molecule has 0 aromatic rings. The van der Waals surface area contributed by atoms with Gasteiger partial charge in [-0.2, -0.15) is 0 Å². The fourth-order valence-corrected chi connectivity index (χ4v) is 1.89. The zero-order valence-electron chi connectivity index (χ0n) is 8.71. The van der Waals surface area contributed by atoms with E-state index in [1.54, 1.807) is 0 Å². The Morgan fingerprint density at radius 2 is 1.42 bits per heavy atom. The summed E-state index contributed by atoms with van der Waals surface area (Å²) >= 11 is 0. The average molecular weight is 170 g/mol. The lowest BCUT2D eigenvalue weighted by Gasteiger charge is -2.33. The van der Waals surface area contributed by atoms with Gasteiger partial charge in [-0.15, -0.1) is 0 Å². The molecule has 0 atom stereocenters. The van der Waals surface area contributed by atoms with Crippen LogP contribution in [-0.2, 0) is 0 Å². The third-order valence-electron chi connectivity index (χ3n) is 2.58. The first kappa shape index (κ1) is 10.0. The fraction of sp³-hybridized carbons (Fsp3) is 1.00. The van der Waals surface area contributed by atoms with E-state index in [0.29, 0.717) is 0 Å². The summed E-state index contributed by atoms with van der Waals surface area (Å²) in [6.07, 6.45) is 2.83. The highest BCUT2D eigenvalue weighted by atomic mass is 15.2. The maximum atomic E-state index is 2.36. The van der Waals surface area contributed by atoms with Crippen molar-refractivity contribution in [2.75, 3.05) is 40.3 Å². The Balaban J connectivity index is 0.000000120. The molecule has 0 spiro atoms. The summed E-state index contributed by atoms with van der Waals surface area (Å²) in [5.74, 6) is 0.968. The van der Waals surface area contributed by atoms with Gasteiger partial charge in [0.25, 0.3) is 0 Å². The van der Waals surface area contributed by atoms with Gasteiger partial charge in [0.1, 0.15) is 0 Å². The van der Waals surface area contributed by atoms with Crippen molar-refractivity contribution in [3.05, 3.63) is 0 Å². The van der Waals surface area contributed by atoms with Crippen LogP contribution in [0.4, 0.5) is 0 Å². The molecule has 2 fully saturated rings. The van der Waals surface area contributed by atoms with Crippen LogP contribution in [0.25, 0.3) is 0 Å². The van der Waals surface area contributed by atoms with Crippen molar-refractivity contribution < 1.29 is 0 Å². The Morgan fingerprint density at radius 1 is 0.917 bits per heavy atom. The largest absolute Gasteiger partial charge is 0.306 e. The van der Waals surface area contributed by atoms with Crippen molar-refractivity contribution in [2.45, 2.75) is 19.8 Å². The molecule has 0 aromatic carbocycles. The molecule has 0 N–H and O–H groups in total. The molecule has 0 aromatic heterocycles. The zero-order valence-corrected chi connectivity index (χ0v) is 8.71. The second kappa shape index (κ2) is 4.83. The average Bonchev–Trinajstić information content (AvgIpc) is 2.38. The number of nitrogens with zero attached hydrogens (tertiary/aromatic N) is 2. The van der Waals surface area contributed by atoms with Crippen LogP contribution in [-0.4, -0.2) is 50.1 Å². The van der Waals surface area contributed by atoms with E-state index in [1.807, 2.05) is 0 Å². The first-order chi connectivity index (χ1) is 5.68. The smallest absolute Gasteiger partial charge is 0.00163 e. The second-order valence-electron chi connectivity index (χ2n) is 4.34. The molecule has 2 heterocycles. The zero-order chi connectivity index (χ0) is 8.97.